The highest BCUT2D eigenvalue weighted by molar-refractivity contribution is 6.00. The molecule has 40 heavy (non-hydrogen) atoms. The van der Waals surface area contributed by atoms with Crippen LogP contribution in [0.15, 0.2) is 54.9 Å². The van der Waals surface area contributed by atoms with Crippen molar-refractivity contribution in [3.63, 3.8) is 0 Å². The van der Waals surface area contributed by atoms with E-state index in [0.717, 1.165) is 35.0 Å². The number of piperidine rings is 1. The highest BCUT2D eigenvalue weighted by atomic mass is 19.1. The van der Waals surface area contributed by atoms with Crippen molar-refractivity contribution in [2.24, 2.45) is 0 Å². The van der Waals surface area contributed by atoms with Crippen LogP contribution in [0.3, 0.4) is 0 Å². The van der Waals surface area contributed by atoms with E-state index in [-0.39, 0.29) is 18.0 Å². The number of nitrogens with one attached hydrogen (secondary N) is 1. The molecule has 0 saturated carbocycles. The quantitative estimate of drug-likeness (QED) is 0.295. The number of hydrogen-bond donors (Lipinski definition) is 2. The van der Waals surface area contributed by atoms with Gasteiger partial charge in [0.2, 0.25) is 0 Å². The number of rotatable bonds is 4. The van der Waals surface area contributed by atoms with Gasteiger partial charge in [0.05, 0.1) is 11.4 Å². The average Bonchev–Trinajstić information content (AvgIpc) is 3.50. The summed E-state index contributed by atoms with van der Waals surface area (Å²) in [6.45, 7) is 6.74. The first-order valence-electron chi connectivity index (χ1n) is 13.5. The number of anilines is 1. The zero-order valence-electron chi connectivity index (χ0n) is 22.8. The van der Waals surface area contributed by atoms with E-state index in [0.29, 0.717) is 47.6 Å². The minimum Gasteiger partial charge on any atom is -0.444 e. The smallest absolute Gasteiger partial charge is 0.410 e. The van der Waals surface area contributed by atoms with Gasteiger partial charge in [-0.3, -0.25) is 0 Å². The van der Waals surface area contributed by atoms with Crippen LogP contribution in [0, 0.1) is 5.82 Å². The average molecular weight is 542 g/mol. The zero-order chi connectivity index (χ0) is 28.0. The number of benzene rings is 2. The van der Waals surface area contributed by atoms with Gasteiger partial charge in [-0.1, -0.05) is 24.3 Å². The molecule has 1 fully saturated rings. The number of halogens is 1. The standard InChI is InChI=1S/C30H32FN7O2/c1-30(2,3)40-29(39)37-12-10-22(11-13-37)38-28-25(27(32)33-17-34-28)26(36-38)19-8-9-24-20(14-19)16-21(35-24)15-18-6-4-5-7-23(18)31/h4-9,14,16-17,22,35H,10-13,15H2,1-3H3,(H2,32,33,34). The number of hydrogen-bond acceptors (Lipinski definition) is 6. The highest BCUT2D eigenvalue weighted by Crippen LogP contribution is 2.35. The summed E-state index contributed by atoms with van der Waals surface area (Å²) in [6, 6.07) is 14.9. The molecule has 1 saturated heterocycles. The van der Waals surface area contributed by atoms with Crippen molar-refractivity contribution in [2.75, 3.05) is 18.8 Å². The largest absolute Gasteiger partial charge is 0.444 e. The van der Waals surface area contributed by atoms with E-state index >= 15 is 0 Å². The van der Waals surface area contributed by atoms with E-state index in [2.05, 4.69) is 21.0 Å². The van der Waals surface area contributed by atoms with E-state index in [1.807, 2.05) is 49.7 Å². The lowest BCUT2D eigenvalue weighted by Gasteiger charge is -2.33. The first-order chi connectivity index (χ1) is 19.2. The Morgan fingerprint density at radius 3 is 2.65 bits per heavy atom. The Labute approximate surface area is 231 Å². The summed E-state index contributed by atoms with van der Waals surface area (Å²) in [7, 11) is 0. The lowest BCUT2D eigenvalue weighted by Crippen LogP contribution is -2.42. The number of nitrogens with zero attached hydrogens (tertiary/aromatic N) is 5. The molecule has 0 radical (unpaired) electrons. The third kappa shape index (κ3) is 4.97. The Hall–Kier alpha value is -4.47. The van der Waals surface area contributed by atoms with Gasteiger partial charge in [0, 0.05) is 41.7 Å². The summed E-state index contributed by atoms with van der Waals surface area (Å²) in [5.74, 6) is 0.151. The van der Waals surface area contributed by atoms with Crippen molar-refractivity contribution in [3.05, 3.63) is 71.9 Å². The molecule has 6 rings (SSSR count). The number of fused-ring (bicyclic) bond motifs is 2. The maximum absolute atomic E-state index is 14.2. The second-order valence-corrected chi connectivity index (χ2v) is 11.3. The van der Waals surface area contributed by atoms with Crippen LogP contribution < -0.4 is 5.73 Å². The van der Waals surface area contributed by atoms with E-state index in [1.54, 1.807) is 17.0 Å². The van der Waals surface area contributed by atoms with Crippen LogP contribution in [0.1, 0.15) is 50.9 Å². The third-order valence-electron chi connectivity index (χ3n) is 7.27. The molecule has 2 aromatic carbocycles. The van der Waals surface area contributed by atoms with Gasteiger partial charge in [-0.25, -0.2) is 23.8 Å². The third-order valence-corrected chi connectivity index (χ3v) is 7.27. The molecule has 0 spiro atoms. The number of nitrogen functional groups attached to an aromatic ring is 1. The summed E-state index contributed by atoms with van der Waals surface area (Å²) in [6.07, 6.45) is 3.07. The number of aromatic nitrogens is 5. The predicted molar refractivity (Wildman–Crippen MR) is 152 cm³/mol. The molecular weight excluding hydrogens is 509 g/mol. The first-order valence-corrected chi connectivity index (χ1v) is 13.5. The Kier molecular flexibility index (Phi) is 6.40. The molecule has 0 aliphatic carbocycles. The van der Waals surface area contributed by atoms with Crippen molar-refractivity contribution in [3.8, 4) is 11.3 Å². The Morgan fingerprint density at radius 2 is 1.90 bits per heavy atom. The summed E-state index contributed by atoms with van der Waals surface area (Å²) in [4.78, 5) is 26.5. The summed E-state index contributed by atoms with van der Waals surface area (Å²) in [5, 5.41) is 6.71. The van der Waals surface area contributed by atoms with E-state index in [1.165, 1.54) is 12.4 Å². The number of ether oxygens (including phenoxy) is 1. The molecule has 1 aliphatic heterocycles. The summed E-state index contributed by atoms with van der Waals surface area (Å²) < 4.78 is 21.7. The fourth-order valence-corrected chi connectivity index (χ4v) is 5.35. The van der Waals surface area contributed by atoms with E-state index in [4.69, 9.17) is 15.6 Å². The number of carbonyl (C=O) groups excluding carboxylic acids is 1. The molecule has 3 N–H and O–H groups in total. The molecule has 0 bridgehead atoms. The molecule has 1 aliphatic rings. The Bertz CT molecular complexity index is 1710. The molecule has 0 unspecified atom stereocenters. The number of amides is 1. The Morgan fingerprint density at radius 1 is 1.12 bits per heavy atom. The monoisotopic (exact) mass is 541 g/mol. The normalized spacial score (nSPS) is 14.8. The summed E-state index contributed by atoms with van der Waals surface area (Å²) >= 11 is 0. The molecule has 3 aromatic heterocycles. The van der Waals surface area contributed by atoms with Gasteiger partial charge in [0.15, 0.2) is 5.65 Å². The topological polar surface area (TPSA) is 115 Å². The number of likely N-dealkylation sites (tertiary alicyclic amines) is 1. The predicted octanol–water partition coefficient (Wildman–Crippen LogP) is 5.86. The molecule has 5 aromatic rings. The van der Waals surface area contributed by atoms with Crippen LogP contribution >= 0.6 is 0 Å². The minimum absolute atomic E-state index is 0.0487. The van der Waals surface area contributed by atoms with Gasteiger partial charge in [-0.05, 0) is 63.4 Å². The van der Waals surface area contributed by atoms with Crippen molar-refractivity contribution in [2.45, 2.75) is 51.7 Å². The molecular formula is C30H32FN7O2. The van der Waals surface area contributed by atoms with Crippen LogP contribution in [0.4, 0.5) is 15.0 Å². The first kappa shape index (κ1) is 25.8. The molecule has 4 heterocycles. The van der Waals surface area contributed by atoms with Crippen molar-refractivity contribution >= 4 is 33.8 Å². The van der Waals surface area contributed by atoms with Crippen LogP contribution in [0.5, 0.6) is 0 Å². The second kappa shape index (κ2) is 9.93. The van der Waals surface area contributed by atoms with E-state index < -0.39 is 5.60 Å². The fourth-order valence-electron chi connectivity index (χ4n) is 5.35. The van der Waals surface area contributed by atoms with Crippen LogP contribution in [0.25, 0.3) is 33.2 Å². The minimum atomic E-state index is -0.533. The number of aromatic amines is 1. The maximum atomic E-state index is 14.2. The van der Waals surface area contributed by atoms with E-state index in [9.17, 15) is 9.18 Å². The lowest BCUT2D eigenvalue weighted by atomic mass is 10.1. The van der Waals surface area contributed by atoms with Crippen LogP contribution in [-0.2, 0) is 11.2 Å². The van der Waals surface area contributed by atoms with Gasteiger partial charge < -0.3 is 20.4 Å². The van der Waals surface area contributed by atoms with Gasteiger partial charge in [-0.15, -0.1) is 0 Å². The fraction of sp³-hybridized carbons (Fsp3) is 0.333. The number of nitrogens with two attached hydrogens (primary N) is 1. The second-order valence-electron chi connectivity index (χ2n) is 11.3. The summed E-state index contributed by atoms with van der Waals surface area (Å²) in [5.41, 5.74) is 10.6. The van der Waals surface area contributed by atoms with Gasteiger partial charge >= 0.3 is 6.09 Å². The van der Waals surface area contributed by atoms with Crippen molar-refractivity contribution in [1.82, 2.24) is 29.6 Å². The molecule has 1 amide bonds. The molecule has 206 valence electrons. The van der Waals surface area contributed by atoms with Gasteiger partial charge in [-0.2, -0.15) is 5.10 Å². The van der Waals surface area contributed by atoms with Gasteiger partial charge in [0.25, 0.3) is 0 Å². The molecule has 0 atom stereocenters. The van der Waals surface area contributed by atoms with Crippen LogP contribution in [0.2, 0.25) is 0 Å². The maximum Gasteiger partial charge on any atom is 0.410 e. The van der Waals surface area contributed by atoms with Crippen molar-refractivity contribution in [1.29, 1.82) is 0 Å². The highest BCUT2D eigenvalue weighted by Gasteiger charge is 2.30. The van der Waals surface area contributed by atoms with Crippen LogP contribution in [-0.4, -0.2) is 54.4 Å². The molecule has 9 nitrogen and oxygen atoms in total. The zero-order valence-corrected chi connectivity index (χ0v) is 22.8. The lowest BCUT2D eigenvalue weighted by molar-refractivity contribution is 0.0186. The van der Waals surface area contributed by atoms with Gasteiger partial charge in [0.1, 0.15) is 29.3 Å². The van der Waals surface area contributed by atoms with Crippen molar-refractivity contribution < 1.29 is 13.9 Å². The number of H-pyrrole nitrogens is 1. The Balaban J connectivity index is 1.30. The molecule has 10 heteroatoms. The number of carbonyl (C=O) groups is 1. The SMILES string of the molecule is CC(C)(C)OC(=O)N1CCC(n2nc(-c3ccc4[nH]c(Cc5ccccc5F)cc4c3)c3c(N)ncnc32)CC1.